The van der Waals surface area contributed by atoms with E-state index in [1.807, 2.05) is 6.92 Å². The molecule has 0 unspecified atom stereocenters. The number of sulfonamides is 1. The Kier molecular flexibility index (Phi) is 9.49. The summed E-state index contributed by atoms with van der Waals surface area (Å²) in [5.41, 5.74) is 0.833. The number of ketones is 1. The van der Waals surface area contributed by atoms with Crippen LogP contribution in [0.1, 0.15) is 74.2 Å². The average molecular weight is 475 g/mol. The van der Waals surface area contributed by atoms with Crippen molar-refractivity contribution in [2.24, 2.45) is 0 Å². The van der Waals surface area contributed by atoms with E-state index >= 15 is 0 Å². The number of halogens is 2. The minimum Gasteiger partial charge on any atom is -0.295 e. The molecule has 1 aliphatic heterocycles. The second-order valence-electron chi connectivity index (χ2n) is 8.84. The molecule has 0 bridgehead atoms. The number of rotatable bonds is 8. The van der Waals surface area contributed by atoms with Crippen LogP contribution < -0.4 is 0 Å². The van der Waals surface area contributed by atoms with Gasteiger partial charge in [-0.1, -0.05) is 38.3 Å². The SMILES string of the molecule is CCCS(=O)(=O)N1CCN(C2(CCC(=O)c3c(C)cccc3F)CCCCC2)CC1.Cl. The first-order valence-corrected chi connectivity index (χ1v) is 12.9. The Labute approximate surface area is 192 Å². The monoisotopic (exact) mass is 474 g/mol. The Hall–Kier alpha value is -1.02. The molecule has 5 nitrogen and oxygen atoms in total. The van der Waals surface area contributed by atoms with Crippen LogP contribution in [0.2, 0.25) is 0 Å². The summed E-state index contributed by atoms with van der Waals surface area (Å²) in [6.07, 6.45) is 7.17. The summed E-state index contributed by atoms with van der Waals surface area (Å²) in [6, 6.07) is 4.77. The summed E-state index contributed by atoms with van der Waals surface area (Å²) in [4.78, 5) is 15.3. The first-order valence-electron chi connectivity index (χ1n) is 11.3. The van der Waals surface area contributed by atoms with Crippen LogP contribution in [0.3, 0.4) is 0 Å². The molecule has 0 radical (unpaired) electrons. The van der Waals surface area contributed by atoms with Gasteiger partial charge in [0.15, 0.2) is 5.78 Å². The molecule has 0 amide bonds. The van der Waals surface area contributed by atoms with Crippen molar-refractivity contribution in [2.45, 2.75) is 70.8 Å². The molecule has 1 heterocycles. The van der Waals surface area contributed by atoms with Gasteiger partial charge in [-0.05, 0) is 44.2 Å². The fourth-order valence-corrected chi connectivity index (χ4v) is 6.71. The molecule has 1 saturated carbocycles. The molecule has 1 aromatic carbocycles. The van der Waals surface area contributed by atoms with Gasteiger partial charge in [0.05, 0.1) is 11.3 Å². The molecule has 1 aliphatic carbocycles. The first kappa shape index (κ1) is 26.2. The van der Waals surface area contributed by atoms with Crippen LogP contribution >= 0.6 is 12.4 Å². The van der Waals surface area contributed by atoms with E-state index < -0.39 is 15.8 Å². The third kappa shape index (κ3) is 6.06. The van der Waals surface area contributed by atoms with E-state index in [9.17, 15) is 17.6 Å². The van der Waals surface area contributed by atoms with Gasteiger partial charge in [0.25, 0.3) is 0 Å². The van der Waals surface area contributed by atoms with Crippen molar-refractivity contribution in [3.63, 3.8) is 0 Å². The summed E-state index contributed by atoms with van der Waals surface area (Å²) >= 11 is 0. The lowest BCUT2D eigenvalue weighted by molar-refractivity contribution is 0.0165. The molecule has 2 aliphatic rings. The fraction of sp³-hybridized carbons (Fsp3) is 0.696. The van der Waals surface area contributed by atoms with Crippen LogP contribution in [-0.2, 0) is 10.0 Å². The first-order chi connectivity index (χ1) is 14.3. The third-order valence-corrected chi connectivity index (χ3v) is 8.94. The van der Waals surface area contributed by atoms with Crippen molar-refractivity contribution < 1.29 is 17.6 Å². The van der Waals surface area contributed by atoms with Crippen molar-refractivity contribution in [3.05, 3.63) is 35.1 Å². The van der Waals surface area contributed by atoms with Crippen molar-refractivity contribution in [3.8, 4) is 0 Å². The second-order valence-corrected chi connectivity index (χ2v) is 10.9. The van der Waals surface area contributed by atoms with E-state index in [4.69, 9.17) is 0 Å². The molecule has 0 atom stereocenters. The van der Waals surface area contributed by atoms with Crippen LogP contribution in [0, 0.1) is 12.7 Å². The normalized spacial score (nSPS) is 20.2. The Bertz CT molecular complexity index is 828. The Balaban J connectivity index is 0.00000341. The molecule has 0 N–H and O–H groups in total. The molecule has 0 spiro atoms. The molecule has 2 fully saturated rings. The van der Waals surface area contributed by atoms with Gasteiger partial charge in [0.1, 0.15) is 5.82 Å². The van der Waals surface area contributed by atoms with Gasteiger partial charge in [-0.15, -0.1) is 12.4 Å². The number of Topliss-reactive ketones (excluding diaryl/α,β-unsaturated/α-hetero) is 1. The summed E-state index contributed by atoms with van der Waals surface area (Å²) in [7, 11) is -3.17. The molecular weight excluding hydrogens is 439 g/mol. The standard InChI is InChI=1S/C23H35FN2O3S.ClH/c1-3-18-30(28,29)26-16-14-25(15-17-26)23(11-5-4-6-12-23)13-10-21(27)22-19(2)8-7-9-20(22)24;/h7-9H,3-6,10-18H2,1-2H3;1H. The van der Waals surface area contributed by atoms with Crippen LogP contribution in [0.5, 0.6) is 0 Å². The van der Waals surface area contributed by atoms with Gasteiger partial charge in [-0.2, -0.15) is 4.31 Å². The summed E-state index contributed by atoms with van der Waals surface area (Å²) in [6.45, 7) is 6.11. The predicted molar refractivity (Wildman–Crippen MR) is 125 cm³/mol. The Morgan fingerprint density at radius 3 is 2.32 bits per heavy atom. The molecule has 3 rings (SSSR count). The highest BCUT2D eigenvalue weighted by Gasteiger charge is 2.40. The zero-order chi connectivity index (χ0) is 21.8. The number of piperazine rings is 1. The lowest BCUT2D eigenvalue weighted by atomic mass is 9.76. The van der Waals surface area contributed by atoms with E-state index in [0.29, 0.717) is 51.0 Å². The predicted octanol–water partition coefficient (Wildman–Crippen LogP) is 4.58. The van der Waals surface area contributed by atoms with Crippen LogP contribution in [-0.4, -0.2) is 60.9 Å². The number of hydrogen-bond donors (Lipinski definition) is 0. The summed E-state index contributed by atoms with van der Waals surface area (Å²) < 4.78 is 40.7. The zero-order valence-corrected chi connectivity index (χ0v) is 20.4. The highest BCUT2D eigenvalue weighted by molar-refractivity contribution is 7.89. The number of carbonyl (C=O) groups is 1. The number of hydrogen-bond acceptors (Lipinski definition) is 4. The van der Waals surface area contributed by atoms with E-state index in [0.717, 1.165) is 25.7 Å². The van der Waals surface area contributed by atoms with E-state index in [-0.39, 0.29) is 35.0 Å². The molecule has 1 saturated heterocycles. The van der Waals surface area contributed by atoms with Gasteiger partial charge < -0.3 is 0 Å². The van der Waals surface area contributed by atoms with Crippen molar-refractivity contribution in [2.75, 3.05) is 31.9 Å². The van der Waals surface area contributed by atoms with Gasteiger partial charge in [0.2, 0.25) is 10.0 Å². The highest BCUT2D eigenvalue weighted by Crippen LogP contribution is 2.38. The van der Waals surface area contributed by atoms with Crippen LogP contribution in [0.15, 0.2) is 18.2 Å². The number of aryl methyl sites for hydroxylation is 1. The molecule has 31 heavy (non-hydrogen) atoms. The maximum absolute atomic E-state index is 14.2. The zero-order valence-electron chi connectivity index (χ0n) is 18.7. The minimum absolute atomic E-state index is 0. The largest absolute Gasteiger partial charge is 0.295 e. The maximum atomic E-state index is 14.2. The summed E-state index contributed by atoms with van der Waals surface area (Å²) in [5, 5.41) is 0. The lowest BCUT2D eigenvalue weighted by Crippen LogP contribution is -2.58. The van der Waals surface area contributed by atoms with E-state index in [1.54, 1.807) is 23.4 Å². The summed E-state index contributed by atoms with van der Waals surface area (Å²) in [5.74, 6) is -0.360. The molecule has 8 heteroatoms. The number of nitrogens with zero attached hydrogens (tertiary/aromatic N) is 2. The van der Waals surface area contributed by atoms with Gasteiger partial charge in [0, 0.05) is 38.1 Å². The molecule has 0 aromatic heterocycles. The molecular formula is C23H36ClFN2O3S. The van der Waals surface area contributed by atoms with Gasteiger partial charge >= 0.3 is 0 Å². The minimum atomic E-state index is -3.17. The van der Waals surface area contributed by atoms with Crippen molar-refractivity contribution in [1.29, 1.82) is 0 Å². The quantitative estimate of drug-likeness (QED) is 0.517. The maximum Gasteiger partial charge on any atom is 0.214 e. The third-order valence-electron chi connectivity index (χ3n) is 6.87. The van der Waals surface area contributed by atoms with Gasteiger partial charge in [-0.25, -0.2) is 12.8 Å². The average Bonchev–Trinajstić information content (AvgIpc) is 2.73. The topological polar surface area (TPSA) is 57.7 Å². The van der Waals surface area contributed by atoms with Crippen LogP contribution in [0.4, 0.5) is 4.39 Å². The Morgan fingerprint density at radius 2 is 1.74 bits per heavy atom. The number of benzene rings is 1. The molecule has 1 aromatic rings. The highest BCUT2D eigenvalue weighted by atomic mass is 35.5. The van der Waals surface area contributed by atoms with Crippen molar-refractivity contribution >= 4 is 28.2 Å². The van der Waals surface area contributed by atoms with Crippen LogP contribution in [0.25, 0.3) is 0 Å². The fourth-order valence-electron chi connectivity index (χ4n) is 5.22. The van der Waals surface area contributed by atoms with E-state index in [1.165, 1.54) is 12.5 Å². The lowest BCUT2D eigenvalue weighted by Gasteiger charge is -2.50. The van der Waals surface area contributed by atoms with Gasteiger partial charge in [-0.3, -0.25) is 9.69 Å². The second kappa shape index (κ2) is 11.2. The number of carbonyl (C=O) groups excluding carboxylic acids is 1. The molecule has 176 valence electrons. The Morgan fingerprint density at radius 1 is 1.10 bits per heavy atom. The van der Waals surface area contributed by atoms with E-state index in [2.05, 4.69) is 4.90 Å². The smallest absolute Gasteiger partial charge is 0.214 e. The van der Waals surface area contributed by atoms with Crippen molar-refractivity contribution in [1.82, 2.24) is 9.21 Å².